The molecule has 18 heteroatoms. The Bertz CT molecular complexity index is 947. The van der Waals surface area contributed by atoms with Crippen molar-refractivity contribution in [2.24, 2.45) is 22.9 Å². The molecule has 41 heavy (non-hydrogen) atoms. The molecule has 1 saturated heterocycles. The highest BCUT2D eigenvalue weighted by atomic mass is 79.9. The van der Waals surface area contributed by atoms with Crippen molar-refractivity contribution in [3.05, 3.63) is 10.4 Å². The number of rotatable bonds is 20. The number of esters is 2. The molecule has 0 spiro atoms. The van der Waals surface area contributed by atoms with Crippen LogP contribution in [0.5, 0.6) is 0 Å². The van der Waals surface area contributed by atoms with E-state index < -0.39 is 97.0 Å². The van der Waals surface area contributed by atoms with E-state index in [-0.39, 0.29) is 33.0 Å². The van der Waals surface area contributed by atoms with E-state index in [1.165, 1.54) is 0 Å². The highest BCUT2D eigenvalue weighted by Gasteiger charge is 2.50. The first-order valence-corrected chi connectivity index (χ1v) is 13.4. The van der Waals surface area contributed by atoms with Gasteiger partial charge in [0.05, 0.1) is 45.4 Å². The Balaban J connectivity index is 3.36. The van der Waals surface area contributed by atoms with Crippen LogP contribution in [0.1, 0.15) is 33.1 Å². The van der Waals surface area contributed by atoms with E-state index >= 15 is 0 Å². The number of hydrogen-bond acceptors (Lipinski definition) is 12. The predicted molar refractivity (Wildman–Crippen MR) is 138 cm³/mol. The summed E-state index contributed by atoms with van der Waals surface area (Å²) in [6, 6.07) is 0. The molecule has 0 aromatic rings. The van der Waals surface area contributed by atoms with Crippen LogP contribution in [0.15, 0.2) is 5.11 Å². The number of carbonyl (C=O) groups is 5. The van der Waals surface area contributed by atoms with Crippen LogP contribution in [-0.2, 0) is 52.4 Å². The van der Waals surface area contributed by atoms with Gasteiger partial charge in [-0.2, -0.15) is 0 Å². The van der Waals surface area contributed by atoms with Crippen LogP contribution in [0.3, 0.4) is 0 Å². The number of carboxylic acid groups (broad SMARTS) is 3. The number of carbonyl (C=O) groups excluding carboxylic acids is 2. The summed E-state index contributed by atoms with van der Waals surface area (Å²) in [5.41, 5.74) is 8.31. The predicted octanol–water partition coefficient (Wildman–Crippen LogP) is 1.56. The average Bonchev–Trinajstić information content (AvgIpc) is 2.88. The van der Waals surface area contributed by atoms with Gasteiger partial charge in [-0.1, -0.05) is 21.0 Å². The molecule has 1 fully saturated rings. The van der Waals surface area contributed by atoms with E-state index in [9.17, 15) is 39.3 Å². The first-order chi connectivity index (χ1) is 19.4. The SMILES string of the molecule is CCOC(=O)C(Br)C(OCCOCCN=[N+]=[N-])O[C@@H]1O[C@@H](COC(C)=O)[C@H](CC(=O)O)[C@H](CC(=O)O)[C@H]1CC(=O)O. The Kier molecular flexibility index (Phi) is 16.8. The molecule has 0 radical (unpaired) electrons. The van der Waals surface area contributed by atoms with Crippen LogP contribution in [-0.4, -0.2) is 108 Å². The summed E-state index contributed by atoms with van der Waals surface area (Å²) in [6.07, 6.45) is -6.14. The molecule has 1 aliphatic rings. The third kappa shape index (κ3) is 13.5. The second-order valence-corrected chi connectivity index (χ2v) is 9.71. The minimum Gasteiger partial charge on any atom is -0.481 e. The van der Waals surface area contributed by atoms with Crippen LogP contribution >= 0.6 is 15.9 Å². The maximum absolute atomic E-state index is 12.5. The fraction of sp³-hybridized carbons (Fsp3) is 0.783. The van der Waals surface area contributed by atoms with E-state index in [0.717, 1.165) is 6.92 Å². The summed E-state index contributed by atoms with van der Waals surface area (Å²) < 4.78 is 32.8. The molecule has 1 rings (SSSR count). The van der Waals surface area contributed by atoms with Crippen molar-refractivity contribution in [3.8, 4) is 0 Å². The van der Waals surface area contributed by atoms with Gasteiger partial charge in [-0.15, -0.1) is 0 Å². The van der Waals surface area contributed by atoms with Crippen molar-refractivity contribution in [3.63, 3.8) is 0 Å². The van der Waals surface area contributed by atoms with Crippen molar-refractivity contribution in [1.29, 1.82) is 0 Å². The van der Waals surface area contributed by atoms with Crippen molar-refractivity contribution in [2.75, 3.05) is 39.6 Å². The summed E-state index contributed by atoms with van der Waals surface area (Å²) >= 11 is 3.14. The van der Waals surface area contributed by atoms with Crippen molar-refractivity contribution < 1.29 is 67.7 Å². The highest BCUT2D eigenvalue weighted by molar-refractivity contribution is 9.10. The smallest absolute Gasteiger partial charge is 0.324 e. The molecular weight excluding hydrogens is 622 g/mol. The minimum atomic E-state index is -1.54. The zero-order valence-electron chi connectivity index (χ0n) is 22.5. The number of ether oxygens (including phenoxy) is 6. The van der Waals surface area contributed by atoms with E-state index in [4.69, 9.17) is 34.0 Å². The number of halogens is 1. The molecule has 0 aliphatic carbocycles. The van der Waals surface area contributed by atoms with Gasteiger partial charge in [0, 0.05) is 36.6 Å². The number of alkyl halides is 1. The Labute approximate surface area is 243 Å². The quantitative estimate of drug-likeness (QED) is 0.0320. The van der Waals surface area contributed by atoms with Gasteiger partial charge < -0.3 is 43.7 Å². The first kappa shape index (κ1) is 36.0. The molecule has 2 unspecified atom stereocenters. The van der Waals surface area contributed by atoms with Crippen LogP contribution in [0.25, 0.3) is 10.4 Å². The van der Waals surface area contributed by atoms with Crippen LogP contribution < -0.4 is 0 Å². The molecule has 0 bridgehead atoms. The van der Waals surface area contributed by atoms with Gasteiger partial charge in [-0.25, -0.2) is 0 Å². The Hall–Kier alpha value is -3.02. The fourth-order valence-corrected chi connectivity index (χ4v) is 4.65. The second kappa shape index (κ2) is 19.2. The number of nitrogens with zero attached hydrogens (tertiary/aromatic N) is 3. The molecule has 7 atom stereocenters. The lowest BCUT2D eigenvalue weighted by Crippen LogP contribution is -2.54. The summed E-state index contributed by atoms with van der Waals surface area (Å²) in [5, 5.41) is 32.0. The Morgan fingerprint density at radius 2 is 1.56 bits per heavy atom. The highest BCUT2D eigenvalue weighted by Crippen LogP contribution is 2.42. The second-order valence-electron chi connectivity index (χ2n) is 8.73. The zero-order valence-corrected chi connectivity index (χ0v) is 24.0. The van der Waals surface area contributed by atoms with Crippen LogP contribution in [0.4, 0.5) is 0 Å². The molecule has 3 N–H and O–H groups in total. The Morgan fingerprint density at radius 3 is 2.12 bits per heavy atom. The van der Waals surface area contributed by atoms with E-state index in [1.807, 2.05) is 0 Å². The largest absolute Gasteiger partial charge is 0.481 e. The van der Waals surface area contributed by atoms with Gasteiger partial charge in [0.25, 0.3) is 0 Å². The summed E-state index contributed by atoms with van der Waals surface area (Å²) in [6.45, 7) is 2.19. The van der Waals surface area contributed by atoms with Gasteiger partial charge in [0.1, 0.15) is 6.61 Å². The monoisotopic (exact) mass is 655 g/mol. The van der Waals surface area contributed by atoms with Gasteiger partial charge in [-0.05, 0) is 18.4 Å². The average molecular weight is 656 g/mol. The maximum Gasteiger partial charge on any atom is 0.324 e. The number of aliphatic carboxylic acids is 3. The van der Waals surface area contributed by atoms with Crippen LogP contribution in [0.2, 0.25) is 0 Å². The molecule has 17 nitrogen and oxygen atoms in total. The summed E-state index contributed by atoms with van der Waals surface area (Å²) in [7, 11) is 0. The van der Waals surface area contributed by atoms with Crippen molar-refractivity contribution in [2.45, 2.75) is 56.6 Å². The number of hydrogen-bond donors (Lipinski definition) is 3. The first-order valence-electron chi connectivity index (χ1n) is 12.5. The molecule has 1 aliphatic heterocycles. The lowest BCUT2D eigenvalue weighted by atomic mass is 9.71. The molecule has 0 aromatic carbocycles. The standard InChI is InChI=1S/C23H34BrN3O14/c1-3-37-21(35)20(24)23(38-7-6-36-5-4-26-27-25)41-22-15(10-19(33)34)13(8-17(29)30)14(9-18(31)32)16(40-22)11-39-12(2)28/h13-16,20,22-23H,3-11H2,1-2H3,(H,29,30)(H,31,32)(H,33,34)/t13-,14+,15+,16-,20?,22-,23?/m0/s1. The van der Waals surface area contributed by atoms with Gasteiger partial charge >= 0.3 is 29.8 Å². The lowest BCUT2D eigenvalue weighted by Gasteiger charge is -2.46. The lowest BCUT2D eigenvalue weighted by molar-refractivity contribution is -0.313. The van der Waals surface area contributed by atoms with Crippen molar-refractivity contribution in [1.82, 2.24) is 0 Å². The molecule has 0 amide bonds. The van der Waals surface area contributed by atoms with Gasteiger partial charge in [0.15, 0.2) is 17.4 Å². The van der Waals surface area contributed by atoms with E-state index in [1.54, 1.807) is 6.92 Å². The molecular formula is C23H34BrN3O14. The topological polar surface area (TPSA) is 250 Å². The normalized spacial score (nSPS) is 23.4. The van der Waals surface area contributed by atoms with E-state index in [0.29, 0.717) is 0 Å². The summed E-state index contributed by atoms with van der Waals surface area (Å²) in [4.78, 5) is 60.5. The van der Waals surface area contributed by atoms with Gasteiger partial charge in [0.2, 0.25) is 0 Å². The van der Waals surface area contributed by atoms with E-state index in [2.05, 4.69) is 26.0 Å². The number of carboxylic acids is 3. The third-order valence-electron chi connectivity index (χ3n) is 5.85. The minimum absolute atomic E-state index is 0.0136. The fourth-order valence-electron chi connectivity index (χ4n) is 4.24. The third-order valence-corrected chi connectivity index (χ3v) is 6.65. The molecule has 0 aromatic heterocycles. The van der Waals surface area contributed by atoms with Gasteiger partial charge in [-0.3, -0.25) is 24.0 Å². The van der Waals surface area contributed by atoms with Crippen LogP contribution in [0, 0.1) is 17.8 Å². The zero-order chi connectivity index (χ0) is 30.9. The number of azide groups is 1. The Morgan fingerprint density at radius 1 is 0.951 bits per heavy atom. The molecule has 0 saturated carbocycles. The van der Waals surface area contributed by atoms with Crippen molar-refractivity contribution >= 4 is 45.8 Å². The molecule has 1 heterocycles. The molecule has 232 valence electrons. The summed E-state index contributed by atoms with van der Waals surface area (Å²) in [5.74, 6) is -8.89. The maximum atomic E-state index is 12.5.